The Balaban J connectivity index is 1.84. The summed E-state index contributed by atoms with van der Waals surface area (Å²) in [7, 11) is 0. The van der Waals surface area contributed by atoms with E-state index in [1.54, 1.807) is 24.3 Å². The number of alkyl halides is 1. The lowest BCUT2D eigenvalue weighted by Crippen LogP contribution is -2.31. The molecule has 1 N–H and O–H groups in total. The summed E-state index contributed by atoms with van der Waals surface area (Å²) in [5.74, 6) is -0.0464. The number of hydrogen-bond donors (Lipinski definition) is 1. The number of benzene rings is 1. The highest BCUT2D eigenvalue weighted by atomic mass is 19.1. The van der Waals surface area contributed by atoms with E-state index in [2.05, 4.69) is 5.32 Å². The van der Waals surface area contributed by atoms with Gasteiger partial charge in [0.05, 0.1) is 13.2 Å². The average molecular weight is 278 g/mol. The fourth-order valence-corrected chi connectivity index (χ4v) is 2.37. The molecule has 1 saturated heterocycles. The van der Waals surface area contributed by atoms with Gasteiger partial charge < -0.3 is 5.32 Å². The number of anilines is 1. The van der Waals surface area contributed by atoms with Gasteiger partial charge in [0.2, 0.25) is 5.91 Å². The molecule has 1 aliphatic rings. The Bertz CT molecular complexity index is 487. The van der Waals surface area contributed by atoms with Gasteiger partial charge >= 0.3 is 0 Å². The van der Waals surface area contributed by atoms with Crippen molar-refractivity contribution in [1.82, 2.24) is 4.90 Å². The van der Waals surface area contributed by atoms with Gasteiger partial charge in [-0.15, -0.1) is 0 Å². The van der Waals surface area contributed by atoms with Crippen LogP contribution in [0.4, 0.5) is 10.1 Å². The summed E-state index contributed by atoms with van der Waals surface area (Å²) in [5.41, 5.74) is 1.29. The number of rotatable bonds is 5. The normalized spacial score (nSPS) is 19.0. The van der Waals surface area contributed by atoms with Crippen LogP contribution >= 0.6 is 0 Å². The van der Waals surface area contributed by atoms with Crippen LogP contribution < -0.4 is 5.32 Å². The Morgan fingerprint density at radius 1 is 1.35 bits per heavy atom. The molecule has 20 heavy (non-hydrogen) atoms. The number of hydrogen-bond acceptors (Lipinski definition) is 3. The molecule has 1 aromatic carbocycles. The predicted octanol–water partition coefficient (Wildman–Crippen LogP) is 2.12. The van der Waals surface area contributed by atoms with Crippen molar-refractivity contribution in [1.29, 1.82) is 0 Å². The summed E-state index contributed by atoms with van der Waals surface area (Å²) in [5, 5.41) is 2.78. The molecular weight excluding hydrogens is 259 g/mol. The van der Waals surface area contributed by atoms with E-state index in [9.17, 15) is 14.0 Å². The number of likely N-dealkylation sites (tertiary alicyclic amines) is 1. The molecule has 1 fully saturated rings. The lowest BCUT2D eigenvalue weighted by molar-refractivity contribution is -0.117. The van der Waals surface area contributed by atoms with Crippen molar-refractivity contribution in [2.75, 3.05) is 31.6 Å². The van der Waals surface area contributed by atoms with Crippen LogP contribution in [0.25, 0.3) is 0 Å². The van der Waals surface area contributed by atoms with E-state index in [1.165, 1.54) is 6.92 Å². The Labute approximate surface area is 118 Å². The average Bonchev–Trinajstić information content (AvgIpc) is 2.86. The van der Waals surface area contributed by atoms with Crippen LogP contribution in [0.3, 0.4) is 0 Å². The first-order chi connectivity index (χ1) is 9.58. The topological polar surface area (TPSA) is 49.4 Å². The number of amides is 1. The lowest BCUT2D eigenvalue weighted by Gasteiger charge is -2.15. The second-order valence-electron chi connectivity index (χ2n) is 5.23. The Morgan fingerprint density at radius 2 is 2.05 bits per heavy atom. The SMILES string of the molecule is CC(=O)c1ccc(NC(=O)CN2CCC(CF)C2)cc1. The number of ketones is 1. The van der Waals surface area contributed by atoms with Crippen molar-refractivity contribution in [2.24, 2.45) is 5.92 Å². The first-order valence-electron chi connectivity index (χ1n) is 6.77. The van der Waals surface area contributed by atoms with Crippen molar-refractivity contribution in [3.63, 3.8) is 0 Å². The second-order valence-corrected chi connectivity index (χ2v) is 5.23. The van der Waals surface area contributed by atoms with E-state index >= 15 is 0 Å². The fourth-order valence-electron chi connectivity index (χ4n) is 2.37. The van der Waals surface area contributed by atoms with Gasteiger partial charge in [-0.2, -0.15) is 0 Å². The Kier molecular flexibility index (Phi) is 4.84. The number of nitrogens with zero attached hydrogens (tertiary/aromatic N) is 1. The Morgan fingerprint density at radius 3 is 2.60 bits per heavy atom. The zero-order valence-corrected chi connectivity index (χ0v) is 11.6. The molecule has 1 aromatic rings. The quantitative estimate of drug-likeness (QED) is 0.839. The van der Waals surface area contributed by atoms with Crippen LogP contribution in [0.5, 0.6) is 0 Å². The van der Waals surface area contributed by atoms with E-state index in [4.69, 9.17) is 0 Å². The van der Waals surface area contributed by atoms with Crippen molar-refractivity contribution in [3.8, 4) is 0 Å². The molecule has 0 spiro atoms. The van der Waals surface area contributed by atoms with E-state index in [1.807, 2.05) is 4.90 Å². The molecule has 1 atom stereocenters. The summed E-state index contributed by atoms with van der Waals surface area (Å²) in [6.45, 7) is 2.89. The zero-order chi connectivity index (χ0) is 14.5. The number of halogens is 1. The molecule has 1 amide bonds. The van der Waals surface area contributed by atoms with Gasteiger partial charge in [0, 0.05) is 23.7 Å². The molecule has 0 aromatic heterocycles. The van der Waals surface area contributed by atoms with Gasteiger partial charge in [-0.25, -0.2) is 0 Å². The third-order valence-corrected chi connectivity index (χ3v) is 3.53. The molecule has 0 saturated carbocycles. The van der Waals surface area contributed by atoms with Crippen molar-refractivity contribution < 1.29 is 14.0 Å². The predicted molar refractivity (Wildman–Crippen MR) is 75.6 cm³/mol. The largest absolute Gasteiger partial charge is 0.325 e. The van der Waals surface area contributed by atoms with Crippen LogP contribution in [-0.2, 0) is 4.79 Å². The fraction of sp³-hybridized carbons (Fsp3) is 0.467. The standard InChI is InChI=1S/C15H19FN2O2/c1-11(19)13-2-4-14(5-3-13)17-15(20)10-18-7-6-12(8-16)9-18/h2-5,12H,6-10H2,1H3,(H,17,20). The molecule has 2 rings (SSSR count). The summed E-state index contributed by atoms with van der Waals surface area (Å²) in [6.07, 6.45) is 0.817. The van der Waals surface area contributed by atoms with Crippen LogP contribution in [0.2, 0.25) is 0 Å². The number of nitrogens with one attached hydrogen (secondary N) is 1. The Hall–Kier alpha value is -1.75. The highest BCUT2D eigenvalue weighted by Crippen LogP contribution is 2.16. The molecule has 1 unspecified atom stereocenters. The van der Waals surface area contributed by atoms with Gasteiger partial charge in [0.15, 0.2) is 5.78 Å². The third kappa shape index (κ3) is 3.87. The minimum atomic E-state index is -0.315. The maximum atomic E-state index is 12.5. The van der Waals surface area contributed by atoms with Gasteiger partial charge in [-0.1, -0.05) is 0 Å². The van der Waals surface area contributed by atoms with Crippen molar-refractivity contribution in [2.45, 2.75) is 13.3 Å². The van der Waals surface area contributed by atoms with Crippen LogP contribution in [0.1, 0.15) is 23.7 Å². The minimum absolute atomic E-state index is 0.00259. The van der Waals surface area contributed by atoms with Crippen molar-refractivity contribution >= 4 is 17.4 Å². The highest BCUT2D eigenvalue weighted by molar-refractivity contribution is 5.96. The second kappa shape index (κ2) is 6.61. The van der Waals surface area contributed by atoms with Crippen LogP contribution in [0.15, 0.2) is 24.3 Å². The molecule has 1 aliphatic heterocycles. The van der Waals surface area contributed by atoms with Crippen molar-refractivity contribution in [3.05, 3.63) is 29.8 Å². The molecule has 1 heterocycles. The van der Waals surface area contributed by atoms with Gasteiger partial charge in [0.1, 0.15) is 0 Å². The van der Waals surface area contributed by atoms with E-state index in [0.29, 0.717) is 17.8 Å². The van der Waals surface area contributed by atoms with Crippen LogP contribution in [0, 0.1) is 5.92 Å². The number of carbonyl (C=O) groups is 2. The lowest BCUT2D eigenvalue weighted by atomic mass is 10.1. The molecule has 0 radical (unpaired) electrons. The van der Waals surface area contributed by atoms with E-state index < -0.39 is 0 Å². The molecular formula is C15H19FN2O2. The van der Waals surface area contributed by atoms with E-state index in [0.717, 1.165) is 13.0 Å². The van der Waals surface area contributed by atoms with Gasteiger partial charge in [-0.05, 0) is 44.2 Å². The minimum Gasteiger partial charge on any atom is -0.325 e. The number of carbonyl (C=O) groups excluding carboxylic acids is 2. The van der Waals surface area contributed by atoms with Gasteiger partial charge in [-0.3, -0.25) is 18.9 Å². The van der Waals surface area contributed by atoms with Crippen LogP contribution in [-0.4, -0.2) is 42.9 Å². The summed E-state index contributed by atoms with van der Waals surface area (Å²) >= 11 is 0. The summed E-state index contributed by atoms with van der Waals surface area (Å²) in [6, 6.07) is 6.80. The van der Waals surface area contributed by atoms with Gasteiger partial charge in [0.25, 0.3) is 0 Å². The molecule has 0 bridgehead atoms. The monoisotopic (exact) mass is 278 g/mol. The smallest absolute Gasteiger partial charge is 0.238 e. The third-order valence-electron chi connectivity index (χ3n) is 3.53. The molecule has 0 aliphatic carbocycles. The molecule has 4 nitrogen and oxygen atoms in total. The first kappa shape index (κ1) is 14.7. The number of Topliss-reactive ketones (excluding diaryl/α,β-unsaturated/α-hetero) is 1. The zero-order valence-electron chi connectivity index (χ0n) is 11.6. The van der Waals surface area contributed by atoms with E-state index in [-0.39, 0.29) is 30.8 Å². The highest BCUT2D eigenvalue weighted by Gasteiger charge is 2.23. The maximum absolute atomic E-state index is 12.5. The first-order valence-corrected chi connectivity index (χ1v) is 6.77. The summed E-state index contributed by atoms with van der Waals surface area (Å²) < 4.78 is 12.5. The molecule has 5 heteroatoms. The molecule has 108 valence electrons. The maximum Gasteiger partial charge on any atom is 0.238 e. The summed E-state index contributed by atoms with van der Waals surface area (Å²) in [4.78, 5) is 25.0.